The number of hydrogen-bond acceptors (Lipinski definition) is 4. The molecular weight excluding hydrogens is 423 g/mol. The van der Waals surface area contributed by atoms with Gasteiger partial charge in [-0.1, -0.05) is 47.5 Å². The fraction of sp³-hybridized carbons (Fsp3) is 0.130. The molecule has 4 rings (SSSR count). The minimum atomic E-state index is -1.01. The Labute approximate surface area is 183 Å². The highest BCUT2D eigenvalue weighted by Gasteiger charge is 2.33. The summed E-state index contributed by atoms with van der Waals surface area (Å²) in [5.41, 5.74) is 2.74. The third-order valence-electron chi connectivity index (χ3n) is 5.02. The van der Waals surface area contributed by atoms with Crippen molar-refractivity contribution in [1.29, 1.82) is 0 Å². The molecule has 2 N–H and O–H groups in total. The topological polar surface area (TPSA) is 70.9 Å². The second-order valence-electron chi connectivity index (χ2n) is 6.87. The lowest BCUT2D eigenvalue weighted by molar-refractivity contribution is 0.0697. The van der Waals surface area contributed by atoms with Gasteiger partial charge in [0.1, 0.15) is 17.6 Å². The molecule has 0 fully saturated rings. The number of carboxylic acid groups (broad SMARTS) is 1. The van der Waals surface area contributed by atoms with Gasteiger partial charge in [-0.3, -0.25) is 4.99 Å². The molecule has 5 nitrogen and oxygen atoms in total. The number of benzene rings is 3. The number of nitrogens with zero attached hydrogens (tertiary/aromatic N) is 1. The molecule has 152 valence electrons. The van der Waals surface area contributed by atoms with Gasteiger partial charge in [0.15, 0.2) is 0 Å². The number of rotatable bonds is 5. The van der Waals surface area contributed by atoms with E-state index in [1.807, 2.05) is 48.5 Å². The summed E-state index contributed by atoms with van der Waals surface area (Å²) in [4.78, 5) is 16.4. The Balaban J connectivity index is 1.80. The zero-order valence-electron chi connectivity index (χ0n) is 16.0. The fourth-order valence-electron chi connectivity index (χ4n) is 3.51. The monoisotopic (exact) mass is 440 g/mol. The van der Waals surface area contributed by atoms with Crippen molar-refractivity contribution >= 4 is 35.0 Å². The van der Waals surface area contributed by atoms with E-state index in [1.54, 1.807) is 19.2 Å². The number of aliphatic imine (C=N–C) groups is 1. The number of amidine groups is 1. The molecular formula is C23H18Cl2N2O3. The van der Waals surface area contributed by atoms with Crippen LogP contribution in [0.2, 0.25) is 10.0 Å². The molecule has 2 atom stereocenters. The van der Waals surface area contributed by atoms with Crippen molar-refractivity contribution in [2.75, 3.05) is 7.11 Å². The minimum absolute atomic E-state index is 0.160. The molecule has 3 aromatic rings. The van der Waals surface area contributed by atoms with Crippen molar-refractivity contribution in [3.63, 3.8) is 0 Å². The normalized spacial score (nSPS) is 17.9. The lowest BCUT2D eigenvalue weighted by atomic mass is 9.95. The molecule has 0 spiro atoms. The van der Waals surface area contributed by atoms with Gasteiger partial charge in [-0.05, 0) is 53.6 Å². The number of nitrogens with one attached hydrogen (secondary N) is 1. The first-order valence-corrected chi connectivity index (χ1v) is 9.99. The zero-order valence-corrected chi connectivity index (χ0v) is 17.5. The Kier molecular flexibility index (Phi) is 5.66. The lowest BCUT2D eigenvalue weighted by Gasteiger charge is -2.20. The van der Waals surface area contributed by atoms with Crippen LogP contribution in [0.3, 0.4) is 0 Å². The van der Waals surface area contributed by atoms with Gasteiger partial charge < -0.3 is 15.2 Å². The van der Waals surface area contributed by atoms with E-state index in [0.29, 0.717) is 27.2 Å². The van der Waals surface area contributed by atoms with Crippen molar-refractivity contribution in [2.45, 2.75) is 12.1 Å². The molecule has 0 saturated heterocycles. The molecule has 1 aliphatic heterocycles. The number of aromatic carboxylic acids is 1. The van der Waals surface area contributed by atoms with Gasteiger partial charge in [-0.25, -0.2) is 4.79 Å². The maximum absolute atomic E-state index is 11.5. The van der Waals surface area contributed by atoms with E-state index < -0.39 is 5.97 Å². The molecule has 0 unspecified atom stereocenters. The summed E-state index contributed by atoms with van der Waals surface area (Å²) in [7, 11) is 1.54. The van der Waals surface area contributed by atoms with Crippen LogP contribution in [0.1, 0.15) is 39.1 Å². The average Bonchev–Trinajstić information content (AvgIpc) is 3.19. The zero-order chi connectivity index (χ0) is 21.3. The predicted molar refractivity (Wildman–Crippen MR) is 118 cm³/mol. The standard InChI is InChI=1S/C23H18Cl2N2O3/c1-30-19-11-6-15(23(28)29)12-18(19)22-26-20(13-2-7-16(24)8-3-13)21(27-22)14-4-9-17(25)10-5-14/h2-12,20-21H,1H3,(H,26,27)(H,28,29)/t20-,21+. The SMILES string of the molecule is COc1ccc(C(=O)O)cc1C1=N[C@H](c2ccc(Cl)cc2)[C@H](c2ccc(Cl)cc2)N1. The molecule has 1 heterocycles. The number of ether oxygens (including phenoxy) is 1. The highest BCUT2D eigenvalue weighted by atomic mass is 35.5. The third-order valence-corrected chi connectivity index (χ3v) is 5.52. The van der Waals surface area contributed by atoms with E-state index in [2.05, 4.69) is 5.32 Å². The predicted octanol–water partition coefficient (Wildman–Crippen LogP) is 5.53. The van der Waals surface area contributed by atoms with Gasteiger partial charge in [-0.2, -0.15) is 0 Å². The number of carboxylic acids is 1. The Morgan fingerprint density at radius 3 is 2.13 bits per heavy atom. The van der Waals surface area contributed by atoms with Gasteiger partial charge in [0.25, 0.3) is 0 Å². The van der Waals surface area contributed by atoms with Crippen LogP contribution in [0.4, 0.5) is 0 Å². The molecule has 30 heavy (non-hydrogen) atoms. The molecule has 0 radical (unpaired) electrons. The smallest absolute Gasteiger partial charge is 0.335 e. The molecule has 1 aliphatic rings. The first-order valence-electron chi connectivity index (χ1n) is 9.23. The van der Waals surface area contributed by atoms with E-state index in [0.717, 1.165) is 11.1 Å². The maximum Gasteiger partial charge on any atom is 0.335 e. The number of hydrogen-bond donors (Lipinski definition) is 2. The molecule has 0 aromatic heterocycles. The quantitative estimate of drug-likeness (QED) is 0.546. The highest BCUT2D eigenvalue weighted by molar-refractivity contribution is 6.30. The summed E-state index contributed by atoms with van der Waals surface area (Å²) in [6, 6.07) is 19.4. The Hall–Kier alpha value is -3.02. The summed E-state index contributed by atoms with van der Waals surface area (Å²) in [5, 5.41) is 14.1. The van der Waals surface area contributed by atoms with E-state index in [1.165, 1.54) is 6.07 Å². The van der Waals surface area contributed by atoms with Gasteiger partial charge in [0, 0.05) is 10.0 Å². The highest BCUT2D eigenvalue weighted by Crippen LogP contribution is 2.39. The lowest BCUT2D eigenvalue weighted by Crippen LogP contribution is -2.25. The van der Waals surface area contributed by atoms with Crippen LogP contribution in [0, 0.1) is 0 Å². The van der Waals surface area contributed by atoms with Crippen LogP contribution in [0.5, 0.6) is 5.75 Å². The first kappa shape index (κ1) is 20.3. The van der Waals surface area contributed by atoms with Crippen LogP contribution >= 0.6 is 23.2 Å². The van der Waals surface area contributed by atoms with Crippen LogP contribution in [0.25, 0.3) is 0 Å². The molecule has 0 aliphatic carbocycles. The average molecular weight is 441 g/mol. The second kappa shape index (κ2) is 8.38. The van der Waals surface area contributed by atoms with Crippen molar-refractivity contribution in [3.8, 4) is 5.75 Å². The molecule has 0 amide bonds. The van der Waals surface area contributed by atoms with Crippen LogP contribution in [-0.2, 0) is 0 Å². The van der Waals surface area contributed by atoms with Crippen molar-refractivity contribution in [2.24, 2.45) is 4.99 Å². The van der Waals surface area contributed by atoms with Crippen molar-refractivity contribution in [3.05, 3.63) is 99.0 Å². The number of halogens is 2. The fourth-order valence-corrected chi connectivity index (χ4v) is 3.77. The van der Waals surface area contributed by atoms with Gasteiger partial charge in [-0.15, -0.1) is 0 Å². The van der Waals surface area contributed by atoms with Gasteiger partial charge >= 0.3 is 5.97 Å². The van der Waals surface area contributed by atoms with Crippen LogP contribution in [-0.4, -0.2) is 24.0 Å². The van der Waals surface area contributed by atoms with E-state index >= 15 is 0 Å². The third kappa shape index (κ3) is 3.99. The van der Waals surface area contributed by atoms with Crippen LogP contribution in [0.15, 0.2) is 71.7 Å². The molecule has 3 aromatic carbocycles. The van der Waals surface area contributed by atoms with E-state index in [4.69, 9.17) is 32.9 Å². The number of carbonyl (C=O) groups is 1. The summed E-state index contributed by atoms with van der Waals surface area (Å²) in [6.45, 7) is 0. The molecule has 0 saturated carbocycles. The van der Waals surface area contributed by atoms with Gasteiger partial charge in [0.2, 0.25) is 0 Å². The summed E-state index contributed by atoms with van der Waals surface area (Å²) < 4.78 is 5.46. The van der Waals surface area contributed by atoms with E-state index in [9.17, 15) is 9.90 Å². The Morgan fingerprint density at radius 1 is 0.967 bits per heavy atom. The molecule has 0 bridgehead atoms. The van der Waals surface area contributed by atoms with Gasteiger partial charge in [0.05, 0.1) is 24.3 Å². The first-order chi connectivity index (χ1) is 14.5. The Morgan fingerprint density at radius 2 is 1.57 bits per heavy atom. The summed E-state index contributed by atoms with van der Waals surface area (Å²) in [6.07, 6.45) is 0. The number of methoxy groups -OCH3 is 1. The summed E-state index contributed by atoms with van der Waals surface area (Å²) >= 11 is 12.1. The van der Waals surface area contributed by atoms with E-state index in [-0.39, 0.29) is 17.6 Å². The second-order valence-corrected chi connectivity index (χ2v) is 7.74. The molecule has 7 heteroatoms. The van der Waals surface area contributed by atoms with Crippen molar-refractivity contribution in [1.82, 2.24) is 5.32 Å². The van der Waals surface area contributed by atoms with Crippen molar-refractivity contribution < 1.29 is 14.6 Å². The van der Waals surface area contributed by atoms with Crippen LogP contribution < -0.4 is 10.1 Å². The maximum atomic E-state index is 11.5. The summed E-state index contributed by atoms with van der Waals surface area (Å²) in [5.74, 6) is 0.0914. The minimum Gasteiger partial charge on any atom is -0.496 e. The Bertz CT molecular complexity index is 1110. The largest absolute Gasteiger partial charge is 0.496 e.